The standard InChI is InChI=1S/C18H21ClN2O4S/c1-18(2,3)21-26(23,24)14-7-5-6-13(11-14)20-17(22)15-10-12(19)8-9-16(15)25-4/h5-11,21H,1-4H3,(H,20,22). The Balaban J connectivity index is 2.29. The van der Waals surface area contributed by atoms with Gasteiger partial charge in [0, 0.05) is 16.2 Å². The van der Waals surface area contributed by atoms with Gasteiger partial charge in [-0.05, 0) is 57.2 Å². The van der Waals surface area contributed by atoms with E-state index in [1.54, 1.807) is 45.0 Å². The monoisotopic (exact) mass is 396 g/mol. The first-order valence-corrected chi connectivity index (χ1v) is 9.67. The summed E-state index contributed by atoms with van der Waals surface area (Å²) >= 11 is 5.94. The van der Waals surface area contributed by atoms with Gasteiger partial charge in [0.1, 0.15) is 5.75 Å². The number of hydrogen-bond donors (Lipinski definition) is 2. The van der Waals surface area contributed by atoms with Crippen molar-refractivity contribution in [2.24, 2.45) is 0 Å². The zero-order chi connectivity index (χ0) is 19.5. The SMILES string of the molecule is COc1ccc(Cl)cc1C(=O)Nc1cccc(S(=O)(=O)NC(C)(C)C)c1. The first kappa shape index (κ1) is 20.2. The molecule has 0 saturated carbocycles. The Hall–Kier alpha value is -2.09. The summed E-state index contributed by atoms with van der Waals surface area (Å²) in [7, 11) is -2.26. The summed E-state index contributed by atoms with van der Waals surface area (Å²) in [6.07, 6.45) is 0. The van der Waals surface area contributed by atoms with Crippen molar-refractivity contribution in [3.8, 4) is 5.75 Å². The number of halogens is 1. The fraction of sp³-hybridized carbons (Fsp3) is 0.278. The van der Waals surface area contributed by atoms with E-state index in [9.17, 15) is 13.2 Å². The summed E-state index contributed by atoms with van der Waals surface area (Å²) in [6.45, 7) is 5.25. The van der Waals surface area contributed by atoms with E-state index in [4.69, 9.17) is 16.3 Å². The van der Waals surface area contributed by atoms with Gasteiger partial charge in [-0.3, -0.25) is 4.79 Å². The Kier molecular flexibility index (Phi) is 5.95. The lowest BCUT2D eigenvalue weighted by molar-refractivity contribution is 0.102. The average Bonchev–Trinajstić information content (AvgIpc) is 2.53. The highest BCUT2D eigenvalue weighted by atomic mass is 35.5. The van der Waals surface area contributed by atoms with Crippen LogP contribution in [0.5, 0.6) is 5.75 Å². The highest BCUT2D eigenvalue weighted by molar-refractivity contribution is 7.89. The lowest BCUT2D eigenvalue weighted by atomic mass is 10.1. The molecule has 0 spiro atoms. The van der Waals surface area contributed by atoms with Crippen molar-refractivity contribution in [2.75, 3.05) is 12.4 Å². The van der Waals surface area contributed by atoms with Gasteiger partial charge in [-0.25, -0.2) is 13.1 Å². The number of methoxy groups -OCH3 is 1. The molecule has 0 unspecified atom stereocenters. The molecule has 0 aromatic heterocycles. The lowest BCUT2D eigenvalue weighted by Crippen LogP contribution is -2.40. The van der Waals surface area contributed by atoms with E-state index in [0.29, 0.717) is 16.5 Å². The molecule has 1 amide bonds. The number of benzene rings is 2. The number of sulfonamides is 1. The van der Waals surface area contributed by atoms with Gasteiger partial charge in [0.2, 0.25) is 10.0 Å². The van der Waals surface area contributed by atoms with Crippen LogP contribution in [0.4, 0.5) is 5.69 Å². The van der Waals surface area contributed by atoms with E-state index in [2.05, 4.69) is 10.0 Å². The lowest BCUT2D eigenvalue weighted by Gasteiger charge is -2.20. The van der Waals surface area contributed by atoms with Crippen LogP contribution >= 0.6 is 11.6 Å². The summed E-state index contributed by atoms with van der Waals surface area (Å²) < 4.78 is 32.6. The van der Waals surface area contributed by atoms with Gasteiger partial charge in [0.25, 0.3) is 5.91 Å². The highest BCUT2D eigenvalue weighted by Gasteiger charge is 2.22. The Morgan fingerprint density at radius 2 is 1.81 bits per heavy atom. The van der Waals surface area contributed by atoms with Gasteiger partial charge in [-0.15, -0.1) is 0 Å². The van der Waals surface area contributed by atoms with Crippen molar-refractivity contribution >= 4 is 33.2 Å². The normalized spacial score (nSPS) is 11.9. The number of hydrogen-bond acceptors (Lipinski definition) is 4. The van der Waals surface area contributed by atoms with E-state index in [1.807, 2.05) is 0 Å². The van der Waals surface area contributed by atoms with Crippen LogP contribution in [0.25, 0.3) is 0 Å². The molecule has 0 bridgehead atoms. The maximum atomic E-state index is 12.5. The minimum Gasteiger partial charge on any atom is -0.496 e. The highest BCUT2D eigenvalue weighted by Crippen LogP contribution is 2.24. The quantitative estimate of drug-likeness (QED) is 0.807. The maximum absolute atomic E-state index is 12.5. The summed E-state index contributed by atoms with van der Waals surface area (Å²) in [5, 5.41) is 3.06. The van der Waals surface area contributed by atoms with Crippen molar-refractivity contribution in [1.82, 2.24) is 4.72 Å². The molecular weight excluding hydrogens is 376 g/mol. The molecule has 0 heterocycles. The largest absolute Gasteiger partial charge is 0.496 e. The summed E-state index contributed by atoms with van der Waals surface area (Å²) in [6, 6.07) is 10.7. The van der Waals surface area contributed by atoms with Crippen LogP contribution in [-0.2, 0) is 10.0 Å². The molecule has 0 aliphatic rings. The van der Waals surface area contributed by atoms with Gasteiger partial charge in [-0.2, -0.15) is 0 Å². The topological polar surface area (TPSA) is 84.5 Å². The molecule has 140 valence electrons. The fourth-order valence-electron chi connectivity index (χ4n) is 2.26. The van der Waals surface area contributed by atoms with Gasteiger partial charge >= 0.3 is 0 Å². The molecule has 6 nitrogen and oxygen atoms in total. The fourth-order valence-corrected chi connectivity index (χ4v) is 3.90. The number of rotatable bonds is 5. The Labute approximate surface area is 158 Å². The van der Waals surface area contributed by atoms with Gasteiger partial charge < -0.3 is 10.1 Å². The molecule has 0 radical (unpaired) electrons. The van der Waals surface area contributed by atoms with Crippen molar-refractivity contribution in [3.63, 3.8) is 0 Å². The first-order valence-electron chi connectivity index (χ1n) is 7.81. The van der Waals surface area contributed by atoms with Gasteiger partial charge in [-0.1, -0.05) is 17.7 Å². The van der Waals surface area contributed by atoms with Crippen LogP contribution in [0.1, 0.15) is 31.1 Å². The second kappa shape index (κ2) is 7.65. The predicted molar refractivity (Wildman–Crippen MR) is 102 cm³/mol. The summed E-state index contributed by atoms with van der Waals surface area (Å²) in [4.78, 5) is 12.6. The third-order valence-corrected chi connectivity index (χ3v) is 5.24. The van der Waals surface area contributed by atoms with Gasteiger partial charge in [0.15, 0.2) is 0 Å². The molecule has 0 fully saturated rings. The number of ether oxygens (including phenoxy) is 1. The second-order valence-corrected chi connectivity index (χ2v) is 8.80. The Bertz CT molecular complexity index is 921. The van der Waals surface area contributed by atoms with Crippen LogP contribution in [0.2, 0.25) is 5.02 Å². The van der Waals surface area contributed by atoms with Crippen LogP contribution in [0, 0.1) is 0 Å². The number of nitrogens with one attached hydrogen (secondary N) is 2. The van der Waals surface area contributed by atoms with Crippen molar-refractivity contribution in [2.45, 2.75) is 31.2 Å². The summed E-state index contributed by atoms with van der Waals surface area (Å²) in [5.74, 6) is -0.0900. The molecule has 2 aromatic rings. The average molecular weight is 397 g/mol. The van der Waals surface area contributed by atoms with Crippen LogP contribution < -0.4 is 14.8 Å². The molecular formula is C18H21ClN2O4S. The number of carbonyl (C=O) groups excluding carboxylic acids is 1. The Morgan fingerprint density at radius 1 is 1.12 bits per heavy atom. The maximum Gasteiger partial charge on any atom is 0.259 e. The minimum atomic E-state index is -3.71. The van der Waals surface area contributed by atoms with E-state index in [1.165, 1.54) is 25.3 Å². The van der Waals surface area contributed by atoms with Crippen molar-refractivity contribution < 1.29 is 17.9 Å². The second-order valence-electron chi connectivity index (χ2n) is 6.68. The Morgan fingerprint density at radius 3 is 2.42 bits per heavy atom. The molecule has 2 N–H and O–H groups in total. The van der Waals surface area contributed by atoms with Crippen LogP contribution in [0.3, 0.4) is 0 Å². The number of amides is 1. The smallest absolute Gasteiger partial charge is 0.259 e. The first-order chi connectivity index (χ1) is 12.0. The number of anilines is 1. The van der Waals surface area contributed by atoms with Crippen LogP contribution in [0.15, 0.2) is 47.4 Å². The van der Waals surface area contributed by atoms with E-state index < -0.39 is 21.5 Å². The third-order valence-electron chi connectivity index (χ3n) is 3.25. The zero-order valence-electron chi connectivity index (χ0n) is 15.0. The molecule has 0 saturated heterocycles. The van der Waals surface area contributed by atoms with E-state index in [0.717, 1.165) is 0 Å². The van der Waals surface area contributed by atoms with E-state index in [-0.39, 0.29) is 10.5 Å². The molecule has 2 rings (SSSR count). The molecule has 0 atom stereocenters. The molecule has 8 heteroatoms. The zero-order valence-corrected chi connectivity index (χ0v) is 16.5. The van der Waals surface area contributed by atoms with E-state index >= 15 is 0 Å². The molecule has 0 aliphatic carbocycles. The van der Waals surface area contributed by atoms with Crippen molar-refractivity contribution in [1.29, 1.82) is 0 Å². The number of carbonyl (C=O) groups is 1. The van der Waals surface area contributed by atoms with Gasteiger partial charge in [0.05, 0.1) is 17.6 Å². The minimum absolute atomic E-state index is 0.0586. The van der Waals surface area contributed by atoms with Crippen molar-refractivity contribution in [3.05, 3.63) is 53.1 Å². The molecule has 26 heavy (non-hydrogen) atoms. The third kappa shape index (κ3) is 5.20. The molecule has 2 aromatic carbocycles. The van der Waals surface area contributed by atoms with Crippen LogP contribution in [-0.4, -0.2) is 27.0 Å². The predicted octanol–water partition coefficient (Wildman–Crippen LogP) is 3.68. The molecule has 0 aliphatic heterocycles. The summed E-state index contributed by atoms with van der Waals surface area (Å²) in [5.41, 5.74) is -0.0263.